The summed E-state index contributed by atoms with van der Waals surface area (Å²) in [5.41, 5.74) is 6.36. The van der Waals surface area contributed by atoms with Crippen molar-refractivity contribution in [3.63, 3.8) is 0 Å². The Morgan fingerprint density at radius 2 is 1.62 bits per heavy atom. The summed E-state index contributed by atoms with van der Waals surface area (Å²) < 4.78 is 0. The first kappa shape index (κ1) is 11.0. The number of hydrogen-bond acceptors (Lipinski definition) is 2. The predicted molar refractivity (Wildman–Crippen MR) is 67.2 cm³/mol. The maximum absolute atomic E-state index is 5.83. The average molecular weight is 222 g/mol. The van der Waals surface area contributed by atoms with Crippen molar-refractivity contribution in [2.75, 3.05) is 6.54 Å². The molecule has 4 aliphatic rings. The number of nitrogens with one attached hydrogen (secondary N) is 1. The van der Waals surface area contributed by atoms with Crippen molar-refractivity contribution in [3.05, 3.63) is 0 Å². The van der Waals surface area contributed by atoms with E-state index in [1.54, 1.807) is 0 Å². The van der Waals surface area contributed by atoms with Gasteiger partial charge in [-0.2, -0.15) is 0 Å². The molecule has 0 heterocycles. The highest BCUT2D eigenvalue weighted by molar-refractivity contribution is 5.06. The number of rotatable bonds is 4. The molecule has 92 valence electrons. The molecule has 16 heavy (non-hydrogen) atoms. The summed E-state index contributed by atoms with van der Waals surface area (Å²) in [6, 6.07) is 0.349. The van der Waals surface area contributed by atoms with Crippen LogP contribution in [0.2, 0.25) is 0 Å². The van der Waals surface area contributed by atoms with Crippen LogP contribution in [0.15, 0.2) is 0 Å². The SMILES string of the molecule is CC(N)CCNC12CC3CC(CC(C3)C1)C2. The molecule has 4 bridgehead atoms. The molecule has 0 spiro atoms. The van der Waals surface area contributed by atoms with Crippen molar-refractivity contribution < 1.29 is 0 Å². The number of hydrogen-bond donors (Lipinski definition) is 2. The Balaban J connectivity index is 1.60. The lowest BCUT2D eigenvalue weighted by atomic mass is 9.53. The Kier molecular flexibility index (Phi) is 2.75. The molecule has 4 saturated carbocycles. The van der Waals surface area contributed by atoms with Crippen LogP contribution in [0.1, 0.15) is 51.9 Å². The Morgan fingerprint density at radius 1 is 1.12 bits per heavy atom. The van der Waals surface area contributed by atoms with Crippen molar-refractivity contribution >= 4 is 0 Å². The quantitative estimate of drug-likeness (QED) is 0.766. The minimum absolute atomic E-state index is 0.349. The van der Waals surface area contributed by atoms with Crippen LogP contribution in [0.3, 0.4) is 0 Å². The lowest BCUT2D eigenvalue weighted by molar-refractivity contribution is -0.0196. The Morgan fingerprint density at radius 3 is 2.06 bits per heavy atom. The highest BCUT2D eigenvalue weighted by atomic mass is 15.0. The molecule has 3 N–H and O–H groups in total. The van der Waals surface area contributed by atoms with Crippen LogP contribution in [0.25, 0.3) is 0 Å². The molecular weight excluding hydrogens is 196 g/mol. The van der Waals surface area contributed by atoms with Gasteiger partial charge in [0.2, 0.25) is 0 Å². The molecule has 0 saturated heterocycles. The van der Waals surface area contributed by atoms with Gasteiger partial charge in [0.1, 0.15) is 0 Å². The largest absolute Gasteiger partial charge is 0.328 e. The molecular formula is C14H26N2. The third-order valence-electron chi connectivity index (χ3n) is 5.14. The number of nitrogens with two attached hydrogens (primary N) is 1. The van der Waals surface area contributed by atoms with E-state index in [0.29, 0.717) is 11.6 Å². The molecule has 0 aromatic rings. The fraction of sp³-hybridized carbons (Fsp3) is 1.00. The van der Waals surface area contributed by atoms with Gasteiger partial charge in [-0.3, -0.25) is 0 Å². The smallest absolute Gasteiger partial charge is 0.0189 e. The van der Waals surface area contributed by atoms with E-state index in [0.717, 1.165) is 30.7 Å². The fourth-order valence-electron chi connectivity index (χ4n) is 4.89. The molecule has 1 atom stereocenters. The van der Waals surface area contributed by atoms with Gasteiger partial charge in [-0.25, -0.2) is 0 Å². The second kappa shape index (κ2) is 3.99. The first-order valence-electron chi connectivity index (χ1n) is 7.16. The molecule has 0 aliphatic heterocycles. The summed E-state index contributed by atoms with van der Waals surface area (Å²) in [5.74, 6) is 3.15. The van der Waals surface area contributed by atoms with Gasteiger partial charge in [0.15, 0.2) is 0 Å². The lowest BCUT2D eigenvalue weighted by Gasteiger charge is -2.57. The summed E-state index contributed by atoms with van der Waals surface area (Å²) in [7, 11) is 0. The van der Waals surface area contributed by atoms with E-state index < -0.39 is 0 Å². The highest BCUT2D eigenvalue weighted by Crippen LogP contribution is 2.55. The molecule has 4 aliphatic carbocycles. The topological polar surface area (TPSA) is 38.0 Å². The van der Waals surface area contributed by atoms with Crippen LogP contribution in [0, 0.1) is 17.8 Å². The summed E-state index contributed by atoms with van der Waals surface area (Å²) in [5, 5.41) is 3.88. The molecule has 0 radical (unpaired) electrons. The zero-order valence-corrected chi connectivity index (χ0v) is 10.5. The van der Waals surface area contributed by atoms with Crippen LogP contribution in [-0.4, -0.2) is 18.1 Å². The summed E-state index contributed by atoms with van der Waals surface area (Å²) >= 11 is 0. The average Bonchev–Trinajstić information content (AvgIpc) is 2.13. The molecule has 0 aromatic carbocycles. The normalized spacial score (nSPS) is 47.2. The third-order valence-corrected chi connectivity index (χ3v) is 5.14. The van der Waals surface area contributed by atoms with Crippen LogP contribution in [0.5, 0.6) is 0 Å². The summed E-state index contributed by atoms with van der Waals surface area (Å²) in [4.78, 5) is 0. The van der Waals surface area contributed by atoms with Crippen molar-refractivity contribution in [2.45, 2.75) is 63.5 Å². The van der Waals surface area contributed by atoms with Gasteiger partial charge in [-0.05, 0) is 76.2 Å². The summed E-state index contributed by atoms with van der Waals surface area (Å²) in [6.45, 7) is 3.24. The minimum Gasteiger partial charge on any atom is -0.328 e. The van der Waals surface area contributed by atoms with E-state index in [9.17, 15) is 0 Å². The van der Waals surface area contributed by atoms with Crippen LogP contribution < -0.4 is 11.1 Å². The van der Waals surface area contributed by atoms with E-state index in [1.165, 1.54) is 38.5 Å². The summed E-state index contributed by atoms with van der Waals surface area (Å²) in [6.07, 6.45) is 10.1. The molecule has 4 fully saturated rings. The van der Waals surface area contributed by atoms with Crippen LogP contribution >= 0.6 is 0 Å². The lowest BCUT2D eigenvalue weighted by Crippen LogP contribution is -2.58. The fourth-order valence-corrected chi connectivity index (χ4v) is 4.89. The van der Waals surface area contributed by atoms with Crippen LogP contribution in [0.4, 0.5) is 0 Å². The highest BCUT2D eigenvalue weighted by Gasteiger charge is 2.50. The predicted octanol–water partition coefficient (Wildman–Crippen LogP) is 2.28. The van der Waals surface area contributed by atoms with E-state index in [1.807, 2.05) is 0 Å². The molecule has 4 rings (SSSR count). The standard InChI is InChI=1S/C14H26N2/c1-10(15)2-3-16-14-7-11-4-12(8-14)6-13(5-11)9-14/h10-13,16H,2-9,15H2,1H3. The zero-order chi connectivity index (χ0) is 11.2. The van der Waals surface area contributed by atoms with E-state index >= 15 is 0 Å². The van der Waals surface area contributed by atoms with Gasteiger partial charge in [0.25, 0.3) is 0 Å². The maximum Gasteiger partial charge on any atom is 0.0189 e. The van der Waals surface area contributed by atoms with Crippen molar-refractivity contribution in [3.8, 4) is 0 Å². The molecule has 0 amide bonds. The maximum atomic E-state index is 5.83. The van der Waals surface area contributed by atoms with Crippen molar-refractivity contribution in [2.24, 2.45) is 23.5 Å². The minimum atomic E-state index is 0.349. The Hall–Kier alpha value is -0.0800. The van der Waals surface area contributed by atoms with Gasteiger partial charge in [-0.15, -0.1) is 0 Å². The second-order valence-electron chi connectivity index (χ2n) is 6.89. The Labute approximate surface area is 99.4 Å². The molecule has 1 unspecified atom stereocenters. The zero-order valence-electron chi connectivity index (χ0n) is 10.5. The Bertz CT molecular complexity index is 224. The van der Waals surface area contributed by atoms with Gasteiger partial charge in [0.05, 0.1) is 0 Å². The van der Waals surface area contributed by atoms with Gasteiger partial charge < -0.3 is 11.1 Å². The first-order valence-corrected chi connectivity index (χ1v) is 7.16. The van der Waals surface area contributed by atoms with Crippen LogP contribution in [-0.2, 0) is 0 Å². The molecule has 0 aromatic heterocycles. The third kappa shape index (κ3) is 2.02. The van der Waals surface area contributed by atoms with E-state index in [2.05, 4.69) is 12.2 Å². The van der Waals surface area contributed by atoms with Gasteiger partial charge in [0, 0.05) is 11.6 Å². The second-order valence-corrected chi connectivity index (χ2v) is 6.89. The molecule has 2 nitrogen and oxygen atoms in total. The van der Waals surface area contributed by atoms with Gasteiger partial charge in [-0.1, -0.05) is 0 Å². The van der Waals surface area contributed by atoms with Crippen molar-refractivity contribution in [1.29, 1.82) is 0 Å². The van der Waals surface area contributed by atoms with Crippen molar-refractivity contribution in [1.82, 2.24) is 5.32 Å². The molecule has 2 heteroatoms. The van der Waals surface area contributed by atoms with Gasteiger partial charge >= 0.3 is 0 Å². The van der Waals surface area contributed by atoms with E-state index in [-0.39, 0.29) is 0 Å². The first-order chi connectivity index (χ1) is 7.65. The monoisotopic (exact) mass is 222 g/mol. The van der Waals surface area contributed by atoms with E-state index in [4.69, 9.17) is 5.73 Å².